The highest BCUT2D eigenvalue weighted by Crippen LogP contribution is 2.60. The lowest BCUT2D eigenvalue weighted by molar-refractivity contribution is -0.0531. The van der Waals surface area contributed by atoms with Crippen molar-refractivity contribution in [1.82, 2.24) is 14.4 Å². The van der Waals surface area contributed by atoms with Gasteiger partial charge in [0.2, 0.25) is 0 Å². The maximum Gasteiger partial charge on any atom is 0.477 e. The fourth-order valence-corrected chi connectivity index (χ4v) is 6.00. The minimum atomic E-state index is -5.58. The number of phosphoric acid groups is 1. The molecule has 0 spiro atoms. The Morgan fingerprint density at radius 2 is 1.79 bits per heavy atom. The lowest BCUT2D eigenvalue weighted by Gasteiger charge is -2.25. The van der Waals surface area contributed by atoms with E-state index < -0.39 is 65.7 Å². The van der Waals surface area contributed by atoms with Crippen LogP contribution < -0.4 is 16.1 Å². The normalized spacial score (nSPS) is 29.3. The lowest BCUT2D eigenvalue weighted by atomic mass is 10.1. The van der Waals surface area contributed by atoms with E-state index in [2.05, 4.69) is 8.83 Å². The van der Waals surface area contributed by atoms with Crippen molar-refractivity contribution in [2.45, 2.75) is 24.5 Å². The van der Waals surface area contributed by atoms with Crippen molar-refractivity contribution >= 4 is 23.3 Å². The van der Waals surface area contributed by atoms with Crippen molar-refractivity contribution < 1.29 is 57.1 Å². The monoisotopic (exact) mass is 483 g/mol. The molecular formula is C9H16N3O14P3. The zero-order valence-electron chi connectivity index (χ0n) is 13.9. The van der Waals surface area contributed by atoms with Crippen molar-refractivity contribution in [2.75, 3.05) is 6.61 Å². The fourth-order valence-electron chi connectivity index (χ4n) is 2.34. The Kier molecular flexibility index (Phi) is 7.20. The molecule has 0 bridgehead atoms. The number of H-pyrrole nitrogens is 1. The van der Waals surface area contributed by atoms with Gasteiger partial charge in [0.25, 0.3) is 5.56 Å². The Morgan fingerprint density at radius 3 is 2.31 bits per heavy atom. The molecule has 6 atom stereocenters. The summed E-state index contributed by atoms with van der Waals surface area (Å²) in [6, 6.07) is 0.868. The molecule has 1 aliphatic heterocycles. The molecule has 1 saturated heterocycles. The molecule has 2 heterocycles. The minimum absolute atomic E-state index is 0.635. The van der Waals surface area contributed by atoms with Crippen LogP contribution in [0.3, 0.4) is 0 Å². The standard InChI is InChI=1S/C9H16N3O14P3/c13-3-4-6(15)7(8(24-4)12-2-1-5(14)10-9(12)16)25-27(17,18)11-28(19,20)26-29(21,22)23/h1-2,4,6-8,13,15H,3H2,(H,10,14,16)(H2,21,22,23)(H3,11,17,18,19,20)/t4-,6-,7-,8-/m1/s1. The van der Waals surface area contributed by atoms with Crippen LogP contribution in [0.15, 0.2) is 21.9 Å². The van der Waals surface area contributed by atoms with Crippen molar-refractivity contribution in [1.29, 1.82) is 0 Å². The molecular weight excluding hydrogens is 467 g/mol. The second kappa shape index (κ2) is 8.61. The summed E-state index contributed by atoms with van der Waals surface area (Å²) < 4.78 is 48.2. The van der Waals surface area contributed by atoms with Gasteiger partial charge in [0, 0.05) is 12.3 Å². The minimum Gasteiger partial charge on any atom is -0.394 e. The summed E-state index contributed by atoms with van der Waals surface area (Å²) in [6.45, 7) is -0.835. The van der Waals surface area contributed by atoms with Gasteiger partial charge in [0.15, 0.2) is 6.23 Å². The van der Waals surface area contributed by atoms with Crippen molar-refractivity contribution in [2.24, 2.45) is 0 Å². The Morgan fingerprint density at radius 1 is 1.17 bits per heavy atom. The summed E-state index contributed by atoms with van der Waals surface area (Å²) in [5.74, 6) is 0. The van der Waals surface area contributed by atoms with Crippen LogP contribution in [0.4, 0.5) is 0 Å². The van der Waals surface area contributed by atoms with Gasteiger partial charge in [-0.2, -0.15) is 4.31 Å². The highest BCUT2D eigenvalue weighted by Gasteiger charge is 2.50. The lowest BCUT2D eigenvalue weighted by Crippen LogP contribution is -2.39. The summed E-state index contributed by atoms with van der Waals surface area (Å²) >= 11 is 0. The summed E-state index contributed by atoms with van der Waals surface area (Å²) in [5, 5.41) is 19.4. The van der Waals surface area contributed by atoms with Gasteiger partial charge >= 0.3 is 29.0 Å². The van der Waals surface area contributed by atoms with E-state index in [-0.39, 0.29) is 0 Å². The number of nitrogens with one attached hydrogen (secondary N) is 2. The van der Waals surface area contributed by atoms with Crippen LogP contribution in [0.1, 0.15) is 6.23 Å². The van der Waals surface area contributed by atoms with Crippen LogP contribution in [0, 0.1) is 0 Å². The summed E-state index contributed by atoms with van der Waals surface area (Å²) in [6.07, 6.45) is -6.04. The number of hydrogen-bond donors (Lipinski definition) is 8. The molecule has 0 radical (unpaired) electrons. The summed E-state index contributed by atoms with van der Waals surface area (Å²) in [7, 11) is -16.6. The quantitative estimate of drug-likeness (QED) is 0.172. The van der Waals surface area contributed by atoms with Gasteiger partial charge < -0.3 is 34.5 Å². The van der Waals surface area contributed by atoms with Gasteiger partial charge in [-0.3, -0.25) is 18.9 Å². The molecule has 17 nitrogen and oxygen atoms in total. The molecule has 2 unspecified atom stereocenters. The molecule has 20 heteroatoms. The zero-order valence-corrected chi connectivity index (χ0v) is 16.6. The third-order valence-electron chi connectivity index (χ3n) is 3.35. The molecule has 29 heavy (non-hydrogen) atoms. The second-order valence-corrected chi connectivity index (χ2v) is 10.3. The maximum atomic E-state index is 12.1. The van der Waals surface area contributed by atoms with E-state index in [1.165, 1.54) is 0 Å². The van der Waals surface area contributed by atoms with E-state index in [0.29, 0.717) is 4.57 Å². The number of aromatic amines is 1. The second-order valence-electron chi connectivity index (χ2n) is 5.54. The number of aliphatic hydroxyl groups excluding tert-OH is 2. The molecule has 1 aromatic rings. The zero-order chi connectivity index (χ0) is 22.2. The first-order valence-corrected chi connectivity index (χ1v) is 12.0. The van der Waals surface area contributed by atoms with Crippen LogP contribution in [0.5, 0.6) is 0 Å². The van der Waals surface area contributed by atoms with Crippen LogP contribution in [0.25, 0.3) is 0 Å². The van der Waals surface area contributed by atoms with E-state index in [1.807, 2.05) is 4.98 Å². The number of aliphatic hydroxyl groups is 2. The van der Waals surface area contributed by atoms with Crippen molar-refractivity contribution in [3.63, 3.8) is 0 Å². The summed E-state index contributed by atoms with van der Waals surface area (Å²) in [4.78, 5) is 62.0. The van der Waals surface area contributed by atoms with Gasteiger partial charge in [-0.1, -0.05) is 0 Å². The number of hydrogen-bond acceptors (Lipinski definition) is 10. The Balaban J connectivity index is 2.32. The van der Waals surface area contributed by atoms with Crippen LogP contribution in [-0.4, -0.2) is 64.3 Å². The first kappa shape index (κ1) is 24.2. The topological polar surface area (TPSA) is 267 Å². The molecule has 166 valence electrons. The first-order chi connectivity index (χ1) is 13.1. The largest absolute Gasteiger partial charge is 0.477 e. The summed E-state index contributed by atoms with van der Waals surface area (Å²) in [5.41, 5.74) is -1.88. The molecule has 0 saturated carbocycles. The first-order valence-electron chi connectivity index (χ1n) is 7.30. The van der Waals surface area contributed by atoms with Crippen LogP contribution in [-0.2, 0) is 27.3 Å². The highest BCUT2D eigenvalue weighted by atomic mass is 31.3. The van der Waals surface area contributed by atoms with E-state index in [0.717, 1.165) is 17.1 Å². The predicted octanol–water partition coefficient (Wildman–Crippen LogP) is -2.93. The van der Waals surface area contributed by atoms with E-state index >= 15 is 0 Å². The molecule has 1 aliphatic rings. The van der Waals surface area contributed by atoms with Gasteiger partial charge in [0.05, 0.1) is 6.61 Å². The van der Waals surface area contributed by atoms with Crippen LogP contribution >= 0.6 is 23.3 Å². The number of ether oxygens (including phenoxy) is 1. The molecule has 0 amide bonds. The Bertz CT molecular complexity index is 1000. The average Bonchev–Trinajstić information content (AvgIpc) is 2.79. The van der Waals surface area contributed by atoms with E-state index in [9.17, 15) is 43.3 Å². The maximum absolute atomic E-state index is 12.1. The van der Waals surface area contributed by atoms with Crippen molar-refractivity contribution in [3.8, 4) is 0 Å². The van der Waals surface area contributed by atoms with Crippen LogP contribution in [0.2, 0.25) is 0 Å². The predicted molar refractivity (Wildman–Crippen MR) is 89.1 cm³/mol. The van der Waals surface area contributed by atoms with E-state index in [4.69, 9.17) is 14.5 Å². The fraction of sp³-hybridized carbons (Fsp3) is 0.556. The van der Waals surface area contributed by atoms with Gasteiger partial charge in [0.1, 0.15) is 18.3 Å². The molecule has 8 N–H and O–H groups in total. The number of nitrogens with zero attached hydrogens (tertiary/aromatic N) is 1. The number of rotatable bonds is 8. The average molecular weight is 483 g/mol. The van der Waals surface area contributed by atoms with Gasteiger partial charge in [-0.05, 0) is 0 Å². The van der Waals surface area contributed by atoms with Gasteiger partial charge in [-0.25, -0.2) is 18.5 Å². The van der Waals surface area contributed by atoms with Crippen molar-refractivity contribution in [3.05, 3.63) is 33.1 Å². The smallest absolute Gasteiger partial charge is 0.394 e. The van der Waals surface area contributed by atoms with Gasteiger partial charge in [-0.15, -0.1) is 4.86 Å². The molecule has 2 rings (SSSR count). The molecule has 0 aromatic carbocycles. The highest BCUT2D eigenvalue weighted by molar-refractivity contribution is 7.70. The molecule has 0 aliphatic carbocycles. The SMILES string of the molecule is O=c1ccn([C@@H]2O[C@H](CO)[C@@H](O)[C@H]2OP(=O)(O)NP(=O)(O)OP(=O)(O)O)c(=O)[nH]1. The number of aromatic nitrogens is 2. The third-order valence-corrected chi connectivity index (χ3v) is 7.64. The molecule has 1 aromatic heterocycles. The Labute approximate surface area is 159 Å². The Hall–Kier alpha value is -1.03. The molecule has 1 fully saturated rings. The van der Waals surface area contributed by atoms with E-state index in [1.54, 1.807) is 0 Å². The third kappa shape index (κ3) is 6.47.